The zero-order chi connectivity index (χ0) is 17.0. The molecule has 1 atom stereocenters. The van der Waals surface area contributed by atoms with E-state index in [0.717, 1.165) is 31.5 Å². The van der Waals surface area contributed by atoms with Crippen LogP contribution in [-0.2, 0) is 0 Å². The Kier molecular flexibility index (Phi) is 6.57. The molecule has 4 nitrogen and oxygen atoms in total. The highest BCUT2D eigenvalue weighted by molar-refractivity contribution is 6.42. The van der Waals surface area contributed by atoms with Crippen LogP contribution in [0.2, 0.25) is 10.0 Å². The molecule has 1 fully saturated rings. The van der Waals surface area contributed by atoms with Crippen LogP contribution in [0.25, 0.3) is 0 Å². The van der Waals surface area contributed by atoms with Crippen LogP contribution in [0.15, 0.2) is 18.2 Å². The Bertz CT molecular complexity index is 545. The van der Waals surface area contributed by atoms with Crippen molar-refractivity contribution in [3.63, 3.8) is 0 Å². The van der Waals surface area contributed by atoms with Crippen LogP contribution in [0.3, 0.4) is 0 Å². The van der Waals surface area contributed by atoms with Crippen LogP contribution in [0.5, 0.6) is 0 Å². The summed E-state index contributed by atoms with van der Waals surface area (Å²) in [4.78, 5) is 16.9. The third kappa shape index (κ3) is 4.52. The number of nitrogens with zero attached hydrogens (tertiary/aromatic N) is 2. The normalized spacial score (nSPS) is 17.8. The third-order valence-corrected chi connectivity index (χ3v) is 5.35. The zero-order valence-electron chi connectivity index (χ0n) is 14.0. The Morgan fingerprint density at radius 2 is 2.04 bits per heavy atom. The monoisotopic (exact) mass is 357 g/mol. The number of nitrogens with one attached hydrogen (secondary N) is 1. The summed E-state index contributed by atoms with van der Waals surface area (Å²) < 4.78 is 0. The maximum Gasteiger partial charge on any atom is 0.318 e. The first kappa shape index (κ1) is 18.4. The van der Waals surface area contributed by atoms with Gasteiger partial charge in [0.05, 0.1) is 16.1 Å². The second kappa shape index (κ2) is 8.22. The van der Waals surface area contributed by atoms with Gasteiger partial charge >= 0.3 is 6.03 Å². The molecule has 0 bridgehead atoms. The molecule has 2 amide bonds. The standard InChI is InChI=1S/C17H25Cl2N3O/c1-4-22(13-8-10-21(3)11-9-13)17(23)20-12(2)14-6-5-7-15(18)16(14)19/h5-7,12-13H,4,8-11H2,1-3H3,(H,20,23)/t12-/m0/s1. The highest BCUT2D eigenvalue weighted by Gasteiger charge is 2.27. The fraction of sp³-hybridized carbons (Fsp3) is 0.588. The number of hydrogen-bond donors (Lipinski definition) is 1. The summed E-state index contributed by atoms with van der Waals surface area (Å²) in [5.41, 5.74) is 0.840. The Labute approximate surface area is 148 Å². The Morgan fingerprint density at radius 1 is 1.39 bits per heavy atom. The SMILES string of the molecule is CCN(C(=O)N[C@@H](C)c1cccc(Cl)c1Cl)C1CCN(C)CC1. The van der Waals surface area contributed by atoms with Crippen molar-refractivity contribution in [3.8, 4) is 0 Å². The fourth-order valence-electron chi connectivity index (χ4n) is 3.08. The van der Waals surface area contributed by atoms with Crippen molar-refractivity contribution in [3.05, 3.63) is 33.8 Å². The van der Waals surface area contributed by atoms with Crippen molar-refractivity contribution in [2.45, 2.75) is 38.8 Å². The molecular weight excluding hydrogens is 333 g/mol. The number of hydrogen-bond acceptors (Lipinski definition) is 2. The first-order chi connectivity index (χ1) is 10.9. The molecule has 128 valence electrons. The predicted octanol–water partition coefficient (Wildman–Crippen LogP) is 4.18. The fourth-order valence-corrected chi connectivity index (χ4v) is 3.55. The lowest BCUT2D eigenvalue weighted by Gasteiger charge is -2.37. The number of carbonyl (C=O) groups excluding carboxylic acids is 1. The van der Waals surface area contributed by atoms with Gasteiger partial charge in [-0.2, -0.15) is 0 Å². The molecule has 1 aromatic rings. The van der Waals surface area contributed by atoms with Gasteiger partial charge in [0.2, 0.25) is 0 Å². The molecular formula is C17H25Cl2N3O. The van der Waals surface area contributed by atoms with E-state index >= 15 is 0 Å². The average molecular weight is 358 g/mol. The van der Waals surface area contributed by atoms with E-state index in [4.69, 9.17) is 23.2 Å². The van der Waals surface area contributed by atoms with Crippen molar-refractivity contribution in [2.24, 2.45) is 0 Å². The summed E-state index contributed by atoms with van der Waals surface area (Å²) in [6, 6.07) is 5.57. The van der Waals surface area contributed by atoms with Gasteiger partial charge < -0.3 is 15.1 Å². The lowest BCUT2D eigenvalue weighted by atomic mass is 10.0. The van der Waals surface area contributed by atoms with Gasteiger partial charge in [-0.3, -0.25) is 0 Å². The summed E-state index contributed by atoms with van der Waals surface area (Å²) in [5, 5.41) is 4.07. The van der Waals surface area contributed by atoms with Gasteiger partial charge in [-0.25, -0.2) is 4.79 Å². The van der Waals surface area contributed by atoms with Crippen LogP contribution in [0.4, 0.5) is 4.79 Å². The predicted molar refractivity (Wildman–Crippen MR) is 96.3 cm³/mol. The molecule has 1 saturated heterocycles. The van der Waals surface area contributed by atoms with Gasteiger partial charge in [-0.05, 0) is 58.5 Å². The van der Waals surface area contributed by atoms with E-state index in [2.05, 4.69) is 17.3 Å². The van der Waals surface area contributed by atoms with E-state index in [1.165, 1.54) is 0 Å². The van der Waals surface area contributed by atoms with Crippen molar-refractivity contribution < 1.29 is 4.79 Å². The second-order valence-corrected chi connectivity index (χ2v) is 6.92. The maximum atomic E-state index is 12.7. The maximum absolute atomic E-state index is 12.7. The topological polar surface area (TPSA) is 35.6 Å². The minimum Gasteiger partial charge on any atom is -0.331 e. The Morgan fingerprint density at radius 3 is 2.65 bits per heavy atom. The zero-order valence-corrected chi connectivity index (χ0v) is 15.5. The lowest BCUT2D eigenvalue weighted by molar-refractivity contribution is 0.133. The van der Waals surface area contributed by atoms with Crippen LogP contribution in [0, 0.1) is 0 Å². The number of rotatable bonds is 4. The molecule has 0 spiro atoms. The molecule has 1 aliphatic rings. The quantitative estimate of drug-likeness (QED) is 0.876. The molecule has 23 heavy (non-hydrogen) atoms. The summed E-state index contributed by atoms with van der Waals surface area (Å²) in [6.07, 6.45) is 2.04. The summed E-state index contributed by atoms with van der Waals surface area (Å²) in [5.74, 6) is 0. The molecule has 0 aromatic heterocycles. The number of amides is 2. The molecule has 1 aliphatic heterocycles. The highest BCUT2D eigenvalue weighted by Crippen LogP contribution is 2.30. The van der Waals surface area contributed by atoms with Crippen LogP contribution >= 0.6 is 23.2 Å². The number of halogens is 2. The largest absolute Gasteiger partial charge is 0.331 e. The molecule has 6 heteroatoms. The number of benzene rings is 1. The molecule has 0 radical (unpaired) electrons. The third-order valence-electron chi connectivity index (χ3n) is 4.52. The number of carbonyl (C=O) groups is 1. The minimum absolute atomic E-state index is 0.0365. The van der Waals surface area contributed by atoms with Crippen LogP contribution in [-0.4, -0.2) is 48.6 Å². The highest BCUT2D eigenvalue weighted by atomic mass is 35.5. The number of likely N-dealkylation sites (tertiary alicyclic amines) is 1. The van der Waals surface area contributed by atoms with Gasteiger partial charge in [0, 0.05) is 12.6 Å². The van der Waals surface area contributed by atoms with Gasteiger partial charge in [-0.15, -0.1) is 0 Å². The first-order valence-electron chi connectivity index (χ1n) is 8.13. The van der Waals surface area contributed by atoms with Crippen LogP contribution < -0.4 is 5.32 Å². The summed E-state index contributed by atoms with van der Waals surface area (Å²) in [6.45, 7) is 6.72. The molecule has 1 N–H and O–H groups in total. The van der Waals surface area contributed by atoms with E-state index < -0.39 is 0 Å². The van der Waals surface area contributed by atoms with E-state index in [0.29, 0.717) is 22.6 Å². The molecule has 0 aliphatic carbocycles. The smallest absolute Gasteiger partial charge is 0.318 e. The van der Waals surface area contributed by atoms with Gasteiger partial charge in [-0.1, -0.05) is 35.3 Å². The van der Waals surface area contributed by atoms with Gasteiger partial charge in [0.25, 0.3) is 0 Å². The average Bonchev–Trinajstić information content (AvgIpc) is 2.52. The number of urea groups is 1. The van der Waals surface area contributed by atoms with Crippen molar-refractivity contribution in [1.29, 1.82) is 0 Å². The molecule has 1 heterocycles. The molecule has 0 unspecified atom stereocenters. The van der Waals surface area contributed by atoms with E-state index in [9.17, 15) is 4.79 Å². The van der Waals surface area contributed by atoms with Crippen molar-refractivity contribution >= 4 is 29.2 Å². The van der Waals surface area contributed by atoms with Crippen molar-refractivity contribution in [2.75, 3.05) is 26.7 Å². The summed E-state index contributed by atoms with van der Waals surface area (Å²) in [7, 11) is 2.12. The minimum atomic E-state index is -0.186. The van der Waals surface area contributed by atoms with Gasteiger partial charge in [0.1, 0.15) is 0 Å². The van der Waals surface area contributed by atoms with Gasteiger partial charge in [0.15, 0.2) is 0 Å². The molecule has 1 aromatic carbocycles. The van der Waals surface area contributed by atoms with Crippen LogP contribution in [0.1, 0.15) is 38.3 Å². The van der Waals surface area contributed by atoms with E-state index in [1.54, 1.807) is 6.07 Å². The summed E-state index contributed by atoms with van der Waals surface area (Å²) >= 11 is 12.3. The van der Waals surface area contributed by atoms with Crippen molar-refractivity contribution in [1.82, 2.24) is 15.1 Å². The molecule has 0 saturated carbocycles. The number of piperidine rings is 1. The van der Waals surface area contributed by atoms with E-state index in [1.807, 2.05) is 30.9 Å². The van der Waals surface area contributed by atoms with E-state index in [-0.39, 0.29) is 12.1 Å². The lowest BCUT2D eigenvalue weighted by Crippen LogP contribution is -2.50. The Hall–Kier alpha value is -0.970. The Balaban J connectivity index is 2.02. The first-order valence-corrected chi connectivity index (χ1v) is 8.89. The molecule has 2 rings (SSSR count). The second-order valence-electron chi connectivity index (χ2n) is 6.13.